The second kappa shape index (κ2) is 8.11. The minimum atomic E-state index is -0.0446. The molecule has 7 heteroatoms. The molecule has 1 aliphatic heterocycles. The third-order valence-electron chi connectivity index (χ3n) is 3.75. The summed E-state index contributed by atoms with van der Waals surface area (Å²) in [6.07, 6.45) is 1.98. The van der Waals surface area contributed by atoms with Crippen LogP contribution >= 0.6 is 35.3 Å². The summed E-state index contributed by atoms with van der Waals surface area (Å²) in [7, 11) is 0. The van der Waals surface area contributed by atoms with Gasteiger partial charge in [-0.05, 0) is 38.4 Å². The summed E-state index contributed by atoms with van der Waals surface area (Å²) < 4.78 is 0. The number of benzene rings is 1. The number of nitrogens with zero attached hydrogens (tertiary/aromatic N) is 1. The maximum Gasteiger partial charge on any atom is 0.237 e. The number of carbonyl (C=O) groups excluding carboxylic acids is 1. The molecule has 0 spiro atoms. The molecule has 23 heavy (non-hydrogen) atoms. The summed E-state index contributed by atoms with van der Waals surface area (Å²) in [5, 5.41) is 7.81. The quantitative estimate of drug-likeness (QED) is 0.863. The van der Waals surface area contributed by atoms with Crippen LogP contribution in [-0.4, -0.2) is 23.5 Å². The van der Waals surface area contributed by atoms with E-state index in [0.717, 1.165) is 40.5 Å². The summed E-state index contributed by atoms with van der Waals surface area (Å²) in [5.41, 5.74) is 2.01. The lowest BCUT2D eigenvalue weighted by molar-refractivity contribution is -0.122. The van der Waals surface area contributed by atoms with E-state index in [4.69, 9.17) is 11.6 Å². The highest BCUT2D eigenvalue weighted by atomic mass is 35.5. The van der Waals surface area contributed by atoms with Gasteiger partial charge in [0.1, 0.15) is 5.01 Å². The molecule has 2 N–H and O–H groups in total. The maximum absolute atomic E-state index is 12.0. The second-order valence-electron chi connectivity index (χ2n) is 5.39. The maximum atomic E-state index is 12.0. The van der Waals surface area contributed by atoms with Crippen molar-refractivity contribution in [2.24, 2.45) is 0 Å². The van der Waals surface area contributed by atoms with E-state index < -0.39 is 0 Å². The summed E-state index contributed by atoms with van der Waals surface area (Å²) in [5.74, 6) is 0.0680. The molecule has 2 heterocycles. The number of rotatable bonds is 4. The number of aryl methyl sites for hydroxylation is 1. The first-order chi connectivity index (χ1) is 10.6. The molecule has 1 atom stereocenters. The lowest BCUT2D eigenvalue weighted by Crippen LogP contribution is -2.39. The number of halogens is 2. The fraction of sp³-hybridized carbons (Fsp3) is 0.375. The van der Waals surface area contributed by atoms with E-state index in [1.54, 1.807) is 11.3 Å². The average Bonchev–Trinajstić information content (AvgIpc) is 3.15. The molecule has 3 rings (SSSR count). The predicted octanol–water partition coefficient (Wildman–Crippen LogP) is 3.56. The van der Waals surface area contributed by atoms with Gasteiger partial charge in [-0.15, -0.1) is 23.7 Å². The van der Waals surface area contributed by atoms with E-state index in [2.05, 4.69) is 15.6 Å². The first-order valence-corrected chi connectivity index (χ1v) is 8.56. The number of nitrogens with one attached hydrogen (secondary N) is 2. The Balaban J connectivity index is 0.00000192. The van der Waals surface area contributed by atoms with Crippen molar-refractivity contribution in [3.05, 3.63) is 39.2 Å². The minimum absolute atomic E-state index is 0. The minimum Gasteiger partial charge on any atom is -0.348 e. The Morgan fingerprint density at radius 1 is 1.43 bits per heavy atom. The zero-order valence-electron chi connectivity index (χ0n) is 12.8. The fourth-order valence-electron chi connectivity index (χ4n) is 2.60. The summed E-state index contributed by atoms with van der Waals surface area (Å²) in [4.78, 5) is 17.8. The standard InChI is InChI=1S/C16H18ClN3OS.ClH/c1-10-15(11-4-6-12(17)7-5-11)20-14(22-10)9-19-16(21)13-3-2-8-18-13;/h4-7,13,18H,2-3,8-9H2,1H3,(H,19,21);1H. The Kier molecular flexibility index (Phi) is 6.41. The van der Waals surface area contributed by atoms with Crippen molar-refractivity contribution < 1.29 is 4.79 Å². The van der Waals surface area contributed by atoms with E-state index in [9.17, 15) is 4.79 Å². The Morgan fingerprint density at radius 2 is 2.17 bits per heavy atom. The molecule has 0 bridgehead atoms. The zero-order chi connectivity index (χ0) is 15.5. The molecule has 124 valence electrons. The van der Waals surface area contributed by atoms with Crippen molar-refractivity contribution >= 4 is 41.3 Å². The molecule has 1 unspecified atom stereocenters. The van der Waals surface area contributed by atoms with E-state index >= 15 is 0 Å². The average molecular weight is 372 g/mol. The lowest BCUT2D eigenvalue weighted by Gasteiger charge is -2.09. The predicted molar refractivity (Wildman–Crippen MR) is 97.4 cm³/mol. The van der Waals surface area contributed by atoms with Gasteiger partial charge in [0.25, 0.3) is 0 Å². The third-order valence-corrected chi connectivity index (χ3v) is 4.97. The van der Waals surface area contributed by atoms with Crippen molar-refractivity contribution in [3.8, 4) is 11.3 Å². The van der Waals surface area contributed by atoms with Crippen LogP contribution in [0.4, 0.5) is 0 Å². The summed E-state index contributed by atoms with van der Waals surface area (Å²) in [6, 6.07) is 7.62. The molecular weight excluding hydrogens is 353 g/mol. The van der Waals surface area contributed by atoms with E-state index in [0.29, 0.717) is 11.6 Å². The molecule has 1 fully saturated rings. The Bertz CT molecular complexity index is 666. The highest BCUT2D eigenvalue weighted by Crippen LogP contribution is 2.28. The van der Waals surface area contributed by atoms with Crippen LogP contribution in [0, 0.1) is 6.92 Å². The number of aromatic nitrogens is 1. The molecule has 0 aliphatic carbocycles. The second-order valence-corrected chi connectivity index (χ2v) is 7.11. The first kappa shape index (κ1) is 18.2. The van der Waals surface area contributed by atoms with Gasteiger partial charge in [0.15, 0.2) is 0 Å². The normalized spacial score (nSPS) is 16.9. The van der Waals surface area contributed by atoms with Gasteiger partial charge in [-0.25, -0.2) is 4.98 Å². The number of hydrogen-bond acceptors (Lipinski definition) is 4. The van der Waals surface area contributed by atoms with Crippen molar-refractivity contribution in [2.45, 2.75) is 32.4 Å². The van der Waals surface area contributed by atoms with Crippen LogP contribution in [0.25, 0.3) is 11.3 Å². The molecule has 1 aromatic carbocycles. The molecule has 1 aliphatic rings. The van der Waals surface area contributed by atoms with Gasteiger partial charge in [-0.2, -0.15) is 0 Å². The Morgan fingerprint density at radius 3 is 2.83 bits per heavy atom. The van der Waals surface area contributed by atoms with Crippen molar-refractivity contribution in [1.29, 1.82) is 0 Å². The highest BCUT2D eigenvalue weighted by molar-refractivity contribution is 7.12. The number of thiazole rings is 1. The molecule has 2 aromatic rings. The van der Waals surface area contributed by atoms with Crippen LogP contribution in [0.2, 0.25) is 5.02 Å². The van der Waals surface area contributed by atoms with Gasteiger partial charge < -0.3 is 10.6 Å². The fourth-order valence-corrected chi connectivity index (χ4v) is 3.62. The van der Waals surface area contributed by atoms with Gasteiger partial charge in [-0.1, -0.05) is 23.7 Å². The zero-order valence-corrected chi connectivity index (χ0v) is 15.2. The van der Waals surface area contributed by atoms with Crippen LogP contribution in [0.3, 0.4) is 0 Å². The van der Waals surface area contributed by atoms with E-state index in [-0.39, 0.29) is 24.4 Å². The van der Waals surface area contributed by atoms with Crippen molar-refractivity contribution in [2.75, 3.05) is 6.54 Å². The van der Waals surface area contributed by atoms with Gasteiger partial charge >= 0.3 is 0 Å². The topological polar surface area (TPSA) is 54.0 Å². The molecule has 1 aromatic heterocycles. The van der Waals surface area contributed by atoms with Crippen molar-refractivity contribution in [1.82, 2.24) is 15.6 Å². The van der Waals surface area contributed by atoms with Gasteiger partial charge in [0, 0.05) is 15.5 Å². The molecule has 0 saturated carbocycles. The third kappa shape index (κ3) is 4.44. The van der Waals surface area contributed by atoms with E-state index in [1.807, 2.05) is 31.2 Å². The Labute approximate surface area is 151 Å². The SMILES string of the molecule is Cc1sc(CNC(=O)C2CCCN2)nc1-c1ccc(Cl)cc1.Cl. The van der Waals surface area contributed by atoms with Gasteiger partial charge in [0.2, 0.25) is 5.91 Å². The molecule has 1 amide bonds. The number of carbonyl (C=O) groups is 1. The summed E-state index contributed by atoms with van der Waals surface area (Å²) in [6.45, 7) is 3.46. The highest BCUT2D eigenvalue weighted by Gasteiger charge is 2.21. The summed E-state index contributed by atoms with van der Waals surface area (Å²) >= 11 is 7.54. The molecule has 1 saturated heterocycles. The van der Waals surface area contributed by atoms with E-state index in [1.165, 1.54) is 0 Å². The monoisotopic (exact) mass is 371 g/mol. The number of amides is 1. The molecule has 4 nitrogen and oxygen atoms in total. The number of hydrogen-bond donors (Lipinski definition) is 2. The Hall–Kier alpha value is -1.14. The molecule has 0 radical (unpaired) electrons. The van der Waals surface area contributed by atoms with Crippen LogP contribution < -0.4 is 10.6 Å². The van der Waals surface area contributed by atoms with Crippen LogP contribution in [0.15, 0.2) is 24.3 Å². The van der Waals surface area contributed by atoms with Crippen LogP contribution in [0.1, 0.15) is 22.7 Å². The smallest absolute Gasteiger partial charge is 0.237 e. The molecular formula is C16H19Cl2N3OS. The van der Waals surface area contributed by atoms with Crippen LogP contribution in [0.5, 0.6) is 0 Å². The lowest BCUT2D eigenvalue weighted by atomic mass is 10.1. The van der Waals surface area contributed by atoms with Gasteiger partial charge in [0.05, 0.1) is 18.3 Å². The first-order valence-electron chi connectivity index (χ1n) is 7.37. The largest absolute Gasteiger partial charge is 0.348 e. The van der Waals surface area contributed by atoms with Crippen LogP contribution in [-0.2, 0) is 11.3 Å². The van der Waals surface area contributed by atoms with Crippen molar-refractivity contribution in [3.63, 3.8) is 0 Å². The van der Waals surface area contributed by atoms with Gasteiger partial charge in [-0.3, -0.25) is 4.79 Å².